The maximum absolute atomic E-state index is 9.14. The maximum Gasteiger partial charge on any atom is 0.144 e. The molecule has 0 aliphatic carbocycles. The average molecular weight is 260 g/mol. The van der Waals surface area contributed by atoms with Gasteiger partial charge in [0.15, 0.2) is 0 Å². The predicted molar refractivity (Wildman–Crippen MR) is 79.2 cm³/mol. The third-order valence-corrected chi connectivity index (χ3v) is 3.26. The van der Waals surface area contributed by atoms with Crippen LogP contribution in [0, 0.1) is 18.3 Å². The van der Waals surface area contributed by atoms with Gasteiger partial charge in [0.05, 0.1) is 5.56 Å². The van der Waals surface area contributed by atoms with Gasteiger partial charge in [0.1, 0.15) is 11.9 Å². The van der Waals surface area contributed by atoms with Crippen molar-refractivity contribution in [2.45, 2.75) is 46.7 Å². The van der Waals surface area contributed by atoms with Crippen LogP contribution in [-0.2, 0) is 0 Å². The number of aryl methyl sites for hydroxylation is 1. The molecular weight excluding hydrogens is 236 g/mol. The third kappa shape index (κ3) is 4.22. The van der Waals surface area contributed by atoms with Crippen LogP contribution >= 0.6 is 0 Å². The highest BCUT2D eigenvalue weighted by molar-refractivity contribution is 5.55. The van der Waals surface area contributed by atoms with E-state index in [0.717, 1.165) is 18.7 Å². The van der Waals surface area contributed by atoms with Crippen LogP contribution in [0.25, 0.3) is 0 Å². The molecule has 0 atom stereocenters. The zero-order valence-electron chi connectivity index (χ0n) is 12.6. The summed E-state index contributed by atoms with van der Waals surface area (Å²) >= 11 is 0. The van der Waals surface area contributed by atoms with Crippen LogP contribution in [0.2, 0.25) is 0 Å². The standard InChI is InChI=1S/C15H24N4/c1-11(2)19(12(3)4)9-8-18-15-14(10-16)13(5)6-7-17-15/h6-7,11-12H,8-9H2,1-5H3,(H,17,18). The van der Waals surface area contributed by atoms with Crippen molar-refractivity contribution in [1.29, 1.82) is 5.26 Å². The van der Waals surface area contributed by atoms with Crippen molar-refractivity contribution in [3.05, 3.63) is 23.4 Å². The van der Waals surface area contributed by atoms with Gasteiger partial charge in [0.2, 0.25) is 0 Å². The van der Waals surface area contributed by atoms with E-state index >= 15 is 0 Å². The van der Waals surface area contributed by atoms with E-state index in [4.69, 9.17) is 5.26 Å². The number of rotatable bonds is 6. The van der Waals surface area contributed by atoms with Crippen molar-refractivity contribution in [3.8, 4) is 6.07 Å². The van der Waals surface area contributed by atoms with Crippen LogP contribution < -0.4 is 5.32 Å². The second-order valence-electron chi connectivity index (χ2n) is 5.32. The zero-order chi connectivity index (χ0) is 14.4. The number of nitrogens with zero attached hydrogens (tertiary/aromatic N) is 3. The molecule has 0 aliphatic heterocycles. The fraction of sp³-hybridized carbons (Fsp3) is 0.600. The minimum absolute atomic E-state index is 0.516. The van der Waals surface area contributed by atoms with Crippen molar-refractivity contribution < 1.29 is 0 Å². The summed E-state index contributed by atoms with van der Waals surface area (Å²) in [6.45, 7) is 12.5. The van der Waals surface area contributed by atoms with E-state index in [1.165, 1.54) is 0 Å². The Labute approximate surface area is 116 Å². The fourth-order valence-corrected chi connectivity index (χ4v) is 2.25. The summed E-state index contributed by atoms with van der Waals surface area (Å²) in [5.74, 6) is 0.690. The molecule has 1 aromatic rings. The highest BCUT2D eigenvalue weighted by Crippen LogP contribution is 2.15. The lowest BCUT2D eigenvalue weighted by Gasteiger charge is -2.30. The van der Waals surface area contributed by atoms with Gasteiger partial charge in [-0.25, -0.2) is 4.98 Å². The lowest BCUT2D eigenvalue weighted by molar-refractivity contribution is 0.182. The van der Waals surface area contributed by atoms with Gasteiger partial charge in [-0.15, -0.1) is 0 Å². The van der Waals surface area contributed by atoms with Gasteiger partial charge in [0.25, 0.3) is 0 Å². The molecular formula is C15H24N4. The molecule has 0 unspecified atom stereocenters. The molecule has 4 nitrogen and oxygen atoms in total. The molecule has 1 aromatic heterocycles. The molecule has 4 heteroatoms. The molecule has 104 valence electrons. The molecule has 1 heterocycles. The normalized spacial score (nSPS) is 11.1. The minimum Gasteiger partial charge on any atom is -0.368 e. The van der Waals surface area contributed by atoms with Gasteiger partial charge in [0, 0.05) is 31.4 Å². The summed E-state index contributed by atoms with van der Waals surface area (Å²) in [5.41, 5.74) is 1.60. The monoisotopic (exact) mass is 260 g/mol. The SMILES string of the molecule is Cc1ccnc(NCCN(C(C)C)C(C)C)c1C#N. The highest BCUT2D eigenvalue weighted by Gasteiger charge is 2.13. The zero-order valence-corrected chi connectivity index (χ0v) is 12.6. The summed E-state index contributed by atoms with van der Waals surface area (Å²) in [6, 6.07) is 5.10. The summed E-state index contributed by atoms with van der Waals surface area (Å²) in [5, 5.41) is 12.4. The van der Waals surface area contributed by atoms with E-state index in [9.17, 15) is 0 Å². The van der Waals surface area contributed by atoms with Gasteiger partial charge in [-0.3, -0.25) is 4.90 Å². The van der Waals surface area contributed by atoms with Gasteiger partial charge in [-0.05, 0) is 46.2 Å². The summed E-state index contributed by atoms with van der Waals surface area (Å²) < 4.78 is 0. The molecule has 0 saturated carbocycles. The number of nitriles is 1. The molecule has 19 heavy (non-hydrogen) atoms. The van der Waals surface area contributed by atoms with E-state index in [0.29, 0.717) is 23.5 Å². The summed E-state index contributed by atoms with van der Waals surface area (Å²) in [4.78, 5) is 6.66. The number of aromatic nitrogens is 1. The van der Waals surface area contributed by atoms with Crippen molar-refractivity contribution in [1.82, 2.24) is 9.88 Å². The Morgan fingerprint density at radius 2 is 1.95 bits per heavy atom. The van der Waals surface area contributed by atoms with Crippen LogP contribution in [0.1, 0.15) is 38.8 Å². The van der Waals surface area contributed by atoms with Crippen molar-refractivity contribution in [3.63, 3.8) is 0 Å². The largest absolute Gasteiger partial charge is 0.368 e. The second-order valence-corrected chi connectivity index (χ2v) is 5.32. The average Bonchev–Trinajstić information content (AvgIpc) is 2.33. The maximum atomic E-state index is 9.14. The Morgan fingerprint density at radius 1 is 1.32 bits per heavy atom. The smallest absolute Gasteiger partial charge is 0.144 e. The van der Waals surface area contributed by atoms with Crippen molar-refractivity contribution in [2.24, 2.45) is 0 Å². The van der Waals surface area contributed by atoms with Gasteiger partial charge < -0.3 is 5.32 Å². The van der Waals surface area contributed by atoms with E-state index in [2.05, 4.69) is 49.0 Å². The molecule has 0 fully saturated rings. The first-order valence-electron chi connectivity index (χ1n) is 6.82. The van der Waals surface area contributed by atoms with Crippen LogP contribution in [0.3, 0.4) is 0 Å². The summed E-state index contributed by atoms with van der Waals surface area (Å²) in [6.07, 6.45) is 1.74. The Balaban J connectivity index is 2.63. The Hall–Kier alpha value is -1.60. The molecule has 1 rings (SSSR count). The van der Waals surface area contributed by atoms with Crippen LogP contribution in [-0.4, -0.2) is 35.1 Å². The van der Waals surface area contributed by atoms with Crippen LogP contribution in [0.5, 0.6) is 0 Å². The Morgan fingerprint density at radius 3 is 2.47 bits per heavy atom. The Kier molecular flexibility index (Phi) is 5.78. The molecule has 1 N–H and O–H groups in total. The van der Waals surface area contributed by atoms with Gasteiger partial charge in [-0.2, -0.15) is 5.26 Å². The highest BCUT2D eigenvalue weighted by atomic mass is 15.2. The molecule has 0 amide bonds. The second kappa shape index (κ2) is 7.10. The van der Waals surface area contributed by atoms with E-state index in [1.54, 1.807) is 6.20 Å². The lowest BCUT2D eigenvalue weighted by Crippen LogP contribution is -2.40. The van der Waals surface area contributed by atoms with Gasteiger partial charge >= 0.3 is 0 Å². The van der Waals surface area contributed by atoms with E-state index in [1.807, 2.05) is 13.0 Å². The minimum atomic E-state index is 0.516. The van der Waals surface area contributed by atoms with Gasteiger partial charge in [-0.1, -0.05) is 0 Å². The number of nitrogens with one attached hydrogen (secondary N) is 1. The third-order valence-electron chi connectivity index (χ3n) is 3.26. The first-order chi connectivity index (χ1) is 8.97. The number of hydrogen-bond acceptors (Lipinski definition) is 4. The van der Waals surface area contributed by atoms with E-state index < -0.39 is 0 Å². The fourth-order valence-electron chi connectivity index (χ4n) is 2.25. The van der Waals surface area contributed by atoms with Crippen molar-refractivity contribution >= 4 is 5.82 Å². The van der Waals surface area contributed by atoms with Crippen LogP contribution in [0.4, 0.5) is 5.82 Å². The quantitative estimate of drug-likeness (QED) is 0.854. The first-order valence-corrected chi connectivity index (χ1v) is 6.82. The molecule has 0 spiro atoms. The predicted octanol–water partition coefficient (Wildman–Crippen LogP) is 2.79. The molecule has 0 saturated heterocycles. The lowest BCUT2D eigenvalue weighted by atomic mass is 10.1. The first kappa shape index (κ1) is 15.5. The molecule has 0 aromatic carbocycles. The Bertz CT molecular complexity index is 438. The molecule has 0 radical (unpaired) electrons. The number of hydrogen-bond donors (Lipinski definition) is 1. The topological polar surface area (TPSA) is 52.0 Å². The molecule has 0 aliphatic rings. The van der Waals surface area contributed by atoms with E-state index in [-0.39, 0.29) is 0 Å². The number of anilines is 1. The van der Waals surface area contributed by atoms with Crippen LogP contribution in [0.15, 0.2) is 12.3 Å². The molecule has 0 bridgehead atoms. The number of pyridine rings is 1. The summed E-state index contributed by atoms with van der Waals surface area (Å²) in [7, 11) is 0. The van der Waals surface area contributed by atoms with Crippen molar-refractivity contribution in [2.75, 3.05) is 18.4 Å².